The number of nitrogens with one attached hydrogen (secondary N) is 2. The molecular formula is C14H18Cl2N2. The predicted molar refractivity (Wildman–Crippen MR) is 79.0 cm³/mol. The molecule has 1 aliphatic heterocycles. The van der Waals surface area contributed by atoms with Gasteiger partial charge < -0.3 is 10.6 Å². The van der Waals surface area contributed by atoms with Crippen LogP contribution >= 0.6 is 23.2 Å². The Morgan fingerprint density at radius 2 is 1.50 bits per heavy atom. The first-order chi connectivity index (χ1) is 8.69. The summed E-state index contributed by atoms with van der Waals surface area (Å²) < 4.78 is 0. The highest BCUT2D eigenvalue weighted by atomic mass is 35.5. The molecule has 0 saturated heterocycles. The van der Waals surface area contributed by atoms with Crippen molar-refractivity contribution >= 4 is 34.6 Å². The van der Waals surface area contributed by atoms with Crippen LogP contribution in [0.2, 0.25) is 10.0 Å². The zero-order valence-corrected chi connectivity index (χ0v) is 11.9. The largest absolute Gasteiger partial charge is 0.381 e. The molecule has 18 heavy (non-hydrogen) atoms. The van der Waals surface area contributed by atoms with Gasteiger partial charge in [0.05, 0.1) is 27.0 Å². The van der Waals surface area contributed by atoms with E-state index in [-0.39, 0.29) is 5.54 Å². The molecule has 1 aromatic rings. The van der Waals surface area contributed by atoms with Gasteiger partial charge in [0.15, 0.2) is 0 Å². The summed E-state index contributed by atoms with van der Waals surface area (Å²) in [5, 5.41) is 8.46. The minimum Gasteiger partial charge on any atom is -0.381 e. The third-order valence-corrected chi connectivity index (χ3v) is 4.86. The molecule has 1 fully saturated rings. The first-order valence-corrected chi connectivity index (χ1v) is 7.45. The zero-order valence-electron chi connectivity index (χ0n) is 10.4. The van der Waals surface area contributed by atoms with Gasteiger partial charge in [-0.3, -0.25) is 0 Å². The van der Waals surface area contributed by atoms with Crippen molar-refractivity contribution in [2.45, 2.75) is 44.1 Å². The van der Waals surface area contributed by atoms with E-state index in [1.165, 1.54) is 38.5 Å². The van der Waals surface area contributed by atoms with Crippen LogP contribution in [-0.2, 0) is 0 Å². The molecule has 2 nitrogen and oxygen atoms in total. The van der Waals surface area contributed by atoms with Crippen LogP contribution < -0.4 is 10.6 Å². The number of hydrogen-bond acceptors (Lipinski definition) is 2. The SMILES string of the molecule is Clc1cc2c(cc1Cl)NC1(CCCCCC1)CN2. The van der Waals surface area contributed by atoms with Crippen molar-refractivity contribution in [1.29, 1.82) is 0 Å². The van der Waals surface area contributed by atoms with E-state index in [1.807, 2.05) is 12.1 Å². The van der Waals surface area contributed by atoms with Gasteiger partial charge in [0.25, 0.3) is 0 Å². The molecule has 1 aromatic carbocycles. The smallest absolute Gasteiger partial charge is 0.0614 e. The molecular weight excluding hydrogens is 267 g/mol. The summed E-state index contributed by atoms with van der Waals surface area (Å²) in [6, 6.07) is 3.85. The predicted octanol–water partition coefficient (Wildman–Crippen LogP) is 4.92. The maximum absolute atomic E-state index is 6.11. The minimum atomic E-state index is 0.209. The van der Waals surface area contributed by atoms with Crippen LogP contribution in [0.3, 0.4) is 0 Å². The lowest BCUT2D eigenvalue weighted by molar-refractivity contribution is 0.423. The summed E-state index contributed by atoms with van der Waals surface area (Å²) in [5.74, 6) is 0. The monoisotopic (exact) mass is 284 g/mol. The van der Waals surface area contributed by atoms with Gasteiger partial charge in [-0.2, -0.15) is 0 Å². The number of anilines is 2. The Bertz CT molecular complexity index is 451. The maximum atomic E-state index is 6.11. The van der Waals surface area contributed by atoms with Gasteiger partial charge in [-0.15, -0.1) is 0 Å². The molecule has 2 aliphatic rings. The van der Waals surface area contributed by atoms with Gasteiger partial charge in [-0.25, -0.2) is 0 Å². The molecule has 1 heterocycles. The van der Waals surface area contributed by atoms with Crippen molar-refractivity contribution in [3.63, 3.8) is 0 Å². The Kier molecular flexibility index (Phi) is 3.33. The normalized spacial score (nSPS) is 21.7. The number of halogens is 2. The van der Waals surface area contributed by atoms with Gasteiger partial charge in [-0.1, -0.05) is 48.9 Å². The Hall–Kier alpha value is -0.600. The Morgan fingerprint density at radius 1 is 0.889 bits per heavy atom. The molecule has 1 saturated carbocycles. The molecule has 1 spiro atoms. The molecule has 4 heteroatoms. The standard InChI is InChI=1S/C14H18Cl2N2/c15-10-7-12-13(8-11(10)16)18-14(9-17-12)5-3-1-2-4-6-14/h7-8,17-18H,1-6,9H2. The molecule has 0 unspecified atom stereocenters. The van der Waals surface area contributed by atoms with Crippen molar-refractivity contribution in [1.82, 2.24) is 0 Å². The second-order valence-electron chi connectivity index (χ2n) is 5.48. The number of rotatable bonds is 0. The van der Waals surface area contributed by atoms with E-state index in [2.05, 4.69) is 10.6 Å². The van der Waals surface area contributed by atoms with Gasteiger partial charge in [0.2, 0.25) is 0 Å². The fourth-order valence-electron chi connectivity index (χ4n) is 3.10. The maximum Gasteiger partial charge on any atom is 0.0614 e. The topological polar surface area (TPSA) is 24.1 Å². The van der Waals surface area contributed by atoms with Gasteiger partial charge >= 0.3 is 0 Å². The van der Waals surface area contributed by atoms with Crippen molar-refractivity contribution in [2.24, 2.45) is 0 Å². The molecule has 2 N–H and O–H groups in total. The lowest BCUT2D eigenvalue weighted by Gasteiger charge is -2.40. The number of fused-ring (bicyclic) bond motifs is 1. The fourth-order valence-corrected chi connectivity index (χ4v) is 3.43. The Balaban J connectivity index is 1.89. The summed E-state index contributed by atoms with van der Waals surface area (Å²) in [6.07, 6.45) is 7.81. The summed E-state index contributed by atoms with van der Waals surface area (Å²) in [4.78, 5) is 0. The summed E-state index contributed by atoms with van der Waals surface area (Å²) in [7, 11) is 0. The molecule has 0 atom stereocenters. The highest BCUT2D eigenvalue weighted by Gasteiger charge is 2.34. The van der Waals surface area contributed by atoms with Gasteiger partial charge in [-0.05, 0) is 25.0 Å². The quantitative estimate of drug-likeness (QED) is 0.706. The van der Waals surface area contributed by atoms with Crippen molar-refractivity contribution < 1.29 is 0 Å². The molecule has 0 amide bonds. The van der Waals surface area contributed by atoms with Crippen LogP contribution in [0.15, 0.2) is 12.1 Å². The van der Waals surface area contributed by atoms with E-state index in [0.717, 1.165) is 17.9 Å². The van der Waals surface area contributed by atoms with Crippen molar-refractivity contribution in [3.8, 4) is 0 Å². The summed E-state index contributed by atoms with van der Waals surface area (Å²) in [6.45, 7) is 0.984. The molecule has 0 aromatic heterocycles. The summed E-state index contributed by atoms with van der Waals surface area (Å²) in [5.41, 5.74) is 2.37. The van der Waals surface area contributed by atoms with E-state index in [4.69, 9.17) is 23.2 Å². The van der Waals surface area contributed by atoms with E-state index >= 15 is 0 Å². The summed E-state index contributed by atoms with van der Waals surface area (Å²) >= 11 is 12.2. The van der Waals surface area contributed by atoms with Crippen molar-refractivity contribution in [2.75, 3.05) is 17.2 Å². The minimum absolute atomic E-state index is 0.209. The average Bonchev–Trinajstić information content (AvgIpc) is 2.57. The first-order valence-electron chi connectivity index (χ1n) is 6.70. The van der Waals surface area contributed by atoms with E-state index in [9.17, 15) is 0 Å². The van der Waals surface area contributed by atoms with Crippen LogP contribution in [0.25, 0.3) is 0 Å². The first kappa shape index (κ1) is 12.4. The molecule has 0 bridgehead atoms. The molecule has 98 valence electrons. The second-order valence-corrected chi connectivity index (χ2v) is 6.30. The van der Waals surface area contributed by atoms with Crippen LogP contribution in [0, 0.1) is 0 Å². The zero-order chi connectivity index (χ0) is 12.6. The average molecular weight is 285 g/mol. The van der Waals surface area contributed by atoms with Crippen molar-refractivity contribution in [3.05, 3.63) is 22.2 Å². The third kappa shape index (κ3) is 2.28. The van der Waals surface area contributed by atoms with Gasteiger partial charge in [0, 0.05) is 6.54 Å². The van der Waals surface area contributed by atoms with E-state index < -0.39 is 0 Å². The lowest BCUT2D eigenvalue weighted by atomic mass is 9.88. The Labute approximate surface area is 118 Å². The molecule has 1 aliphatic carbocycles. The molecule has 0 radical (unpaired) electrons. The second kappa shape index (κ2) is 4.82. The highest BCUT2D eigenvalue weighted by molar-refractivity contribution is 6.42. The number of hydrogen-bond donors (Lipinski definition) is 2. The fraction of sp³-hybridized carbons (Fsp3) is 0.571. The van der Waals surface area contributed by atoms with Crippen LogP contribution in [0.4, 0.5) is 11.4 Å². The Morgan fingerprint density at radius 3 is 2.17 bits per heavy atom. The highest BCUT2D eigenvalue weighted by Crippen LogP contribution is 2.40. The van der Waals surface area contributed by atoms with Gasteiger partial charge in [0.1, 0.15) is 0 Å². The van der Waals surface area contributed by atoms with Crippen LogP contribution in [0.1, 0.15) is 38.5 Å². The third-order valence-electron chi connectivity index (χ3n) is 4.14. The lowest BCUT2D eigenvalue weighted by Crippen LogP contribution is -2.47. The van der Waals surface area contributed by atoms with Crippen LogP contribution in [-0.4, -0.2) is 12.1 Å². The number of benzene rings is 1. The van der Waals surface area contributed by atoms with Crippen LogP contribution in [0.5, 0.6) is 0 Å². The molecule has 3 rings (SSSR count). The van der Waals surface area contributed by atoms with E-state index in [0.29, 0.717) is 10.0 Å². The van der Waals surface area contributed by atoms with E-state index in [1.54, 1.807) is 0 Å².